The molecule has 1 aromatic carbocycles. The number of sulfonamides is 1. The number of aromatic nitrogens is 2. The number of rotatable bonds is 6. The van der Waals surface area contributed by atoms with E-state index in [1.54, 1.807) is 37.3 Å². The fourth-order valence-electron chi connectivity index (χ4n) is 3.82. The maximum absolute atomic E-state index is 13.2. The molecule has 2 aromatic heterocycles. The molecule has 2 N–H and O–H groups in total. The van der Waals surface area contributed by atoms with Gasteiger partial charge < -0.3 is 9.84 Å². The van der Waals surface area contributed by atoms with Gasteiger partial charge in [-0.05, 0) is 30.9 Å². The number of hydrogen-bond acceptors (Lipinski definition) is 7. The van der Waals surface area contributed by atoms with E-state index >= 15 is 0 Å². The van der Waals surface area contributed by atoms with Gasteiger partial charge in [-0.2, -0.15) is 5.01 Å². The van der Waals surface area contributed by atoms with Crippen LogP contribution in [0, 0.1) is 0 Å². The Morgan fingerprint density at radius 2 is 2.00 bits per heavy atom. The molecule has 1 atom stereocenters. The highest BCUT2D eigenvalue weighted by molar-refractivity contribution is 7.89. The van der Waals surface area contributed by atoms with E-state index in [1.807, 2.05) is 0 Å². The maximum atomic E-state index is 13.2. The summed E-state index contributed by atoms with van der Waals surface area (Å²) in [5, 5.41) is 7.64. The van der Waals surface area contributed by atoms with Crippen molar-refractivity contribution < 1.29 is 22.5 Å². The Kier molecular flexibility index (Phi) is 4.34. The second kappa shape index (κ2) is 6.86. The van der Waals surface area contributed by atoms with Crippen LogP contribution in [0.1, 0.15) is 43.4 Å². The monoisotopic (exact) mass is 441 g/mol. The first-order chi connectivity index (χ1) is 14.9. The van der Waals surface area contributed by atoms with Crippen molar-refractivity contribution in [2.45, 2.75) is 42.5 Å². The van der Waals surface area contributed by atoms with Crippen LogP contribution in [0.2, 0.25) is 0 Å². The lowest BCUT2D eigenvalue weighted by molar-refractivity contribution is -0.132. The first kappa shape index (κ1) is 19.6. The molecule has 2 fully saturated rings. The minimum absolute atomic E-state index is 0.195. The van der Waals surface area contributed by atoms with Crippen LogP contribution in [0.25, 0.3) is 11.1 Å². The van der Waals surface area contributed by atoms with Crippen LogP contribution in [0.5, 0.6) is 0 Å². The molecule has 3 heterocycles. The van der Waals surface area contributed by atoms with Crippen molar-refractivity contribution in [3.8, 4) is 0 Å². The van der Waals surface area contributed by atoms with E-state index in [1.165, 1.54) is 6.07 Å². The molecule has 3 aromatic rings. The second-order valence-corrected chi connectivity index (χ2v) is 9.32. The highest BCUT2D eigenvalue weighted by Gasteiger charge is 2.52. The number of nitrogens with one attached hydrogen (secondary N) is 2. The maximum Gasteiger partial charge on any atom is 0.341 e. The number of carbonyl (C=O) groups excluding carboxylic acids is 2. The third-order valence-electron chi connectivity index (χ3n) is 5.71. The molecule has 10 nitrogen and oxygen atoms in total. The zero-order valence-electron chi connectivity index (χ0n) is 16.5. The first-order valence-electron chi connectivity index (χ1n) is 9.86. The minimum Gasteiger partial charge on any atom is -0.336 e. The van der Waals surface area contributed by atoms with Gasteiger partial charge in [0.05, 0.1) is 17.3 Å². The molecule has 31 heavy (non-hydrogen) atoms. The van der Waals surface area contributed by atoms with Gasteiger partial charge in [0.25, 0.3) is 21.6 Å². The number of carbonyl (C=O) groups is 2. The van der Waals surface area contributed by atoms with Gasteiger partial charge in [-0.3, -0.25) is 4.79 Å². The van der Waals surface area contributed by atoms with E-state index in [0.717, 1.165) is 19.0 Å². The van der Waals surface area contributed by atoms with E-state index in [-0.39, 0.29) is 22.9 Å². The number of hydrazine groups is 1. The molecule has 1 saturated carbocycles. The predicted molar refractivity (Wildman–Crippen MR) is 108 cm³/mol. The van der Waals surface area contributed by atoms with Crippen LogP contribution in [0.3, 0.4) is 0 Å². The molecule has 1 aliphatic carbocycles. The molecule has 160 valence electrons. The summed E-state index contributed by atoms with van der Waals surface area (Å²) in [6.45, 7) is 1.74. The molecule has 1 saturated heterocycles. The molecule has 0 bridgehead atoms. The number of benzene rings is 1. The van der Waals surface area contributed by atoms with Crippen LogP contribution >= 0.6 is 0 Å². The molecular weight excluding hydrogens is 422 g/mol. The lowest BCUT2D eigenvalue weighted by Gasteiger charge is -2.25. The van der Waals surface area contributed by atoms with Crippen molar-refractivity contribution in [3.05, 3.63) is 53.9 Å². The summed E-state index contributed by atoms with van der Waals surface area (Å²) in [7, 11) is -4.28. The van der Waals surface area contributed by atoms with Crippen molar-refractivity contribution in [3.63, 3.8) is 0 Å². The smallest absolute Gasteiger partial charge is 0.336 e. The summed E-state index contributed by atoms with van der Waals surface area (Å²) in [6, 6.07) is 9.26. The van der Waals surface area contributed by atoms with Crippen LogP contribution in [-0.2, 0) is 20.4 Å². The summed E-state index contributed by atoms with van der Waals surface area (Å²) in [5.41, 5.74) is 0.129. The van der Waals surface area contributed by atoms with Crippen LogP contribution in [-0.4, -0.2) is 35.5 Å². The third kappa shape index (κ3) is 3.08. The number of urea groups is 1. The van der Waals surface area contributed by atoms with Gasteiger partial charge in [-0.15, -0.1) is 4.83 Å². The normalized spacial score (nSPS) is 21.6. The molecule has 0 radical (unpaired) electrons. The predicted octanol–water partition coefficient (Wildman–Crippen LogP) is 2.15. The standard InChI is InChI=1S/C20H19N5O5S/c1-2-20(13-6-4-3-5-7-13)18(26)25(19(27)22-20)24-31(28,29)14-10-15-16(12-8-9-12)23-30-17(15)21-11-14/h3-7,10-12,24H,2,8-9H2,1H3,(H,22,27). The number of amides is 3. The number of nitrogens with zero attached hydrogens (tertiary/aromatic N) is 3. The lowest BCUT2D eigenvalue weighted by Crippen LogP contribution is -2.48. The number of fused-ring (bicyclic) bond motifs is 1. The van der Waals surface area contributed by atoms with E-state index in [4.69, 9.17) is 4.52 Å². The lowest BCUT2D eigenvalue weighted by atomic mass is 9.87. The fourth-order valence-corrected chi connectivity index (χ4v) is 4.80. The molecular formula is C20H19N5O5S. The van der Waals surface area contributed by atoms with Crippen molar-refractivity contribution in [2.75, 3.05) is 0 Å². The van der Waals surface area contributed by atoms with E-state index < -0.39 is 27.5 Å². The van der Waals surface area contributed by atoms with Crippen LogP contribution in [0.4, 0.5) is 4.79 Å². The molecule has 5 rings (SSSR count). The fraction of sp³-hybridized carbons (Fsp3) is 0.300. The zero-order chi connectivity index (χ0) is 21.8. The van der Waals surface area contributed by atoms with E-state index in [0.29, 0.717) is 21.7 Å². The summed E-state index contributed by atoms with van der Waals surface area (Å²) >= 11 is 0. The Morgan fingerprint density at radius 3 is 2.68 bits per heavy atom. The minimum atomic E-state index is -4.28. The first-order valence-corrected chi connectivity index (χ1v) is 11.3. The average Bonchev–Trinajstić information content (AvgIpc) is 3.48. The van der Waals surface area contributed by atoms with Crippen molar-refractivity contribution in [1.29, 1.82) is 0 Å². The van der Waals surface area contributed by atoms with Gasteiger partial charge in [0.2, 0.25) is 0 Å². The van der Waals surface area contributed by atoms with Crippen molar-refractivity contribution in [1.82, 2.24) is 25.3 Å². The van der Waals surface area contributed by atoms with E-state index in [9.17, 15) is 18.0 Å². The second-order valence-electron chi connectivity index (χ2n) is 7.66. The Hall–Kier alpha value is -3.31. The summed E-state index contributed by atoms with van der Waals surface area (Å²) in [5.74, 6) is -0.469. The Bertz CT molecular complexity index is 1300. The SMILES string of the molecule is CCC1(c2ccccc2)NC(=O)N(NS(=O)(=O)c2cnc3onc(C4CC4)c3c2)C1=O. The number of pyridine rings is 1. The van der Waals surface area contributed by atoms with Crippen LogP contribution in [0.15, 0.2) is 52.0 Å². The molecule has 1 unspecified atom stereocenters. The quantitative estimate of drug-likeness (QED) is 0.560. The largest absolute Gasteiger partial charge is 0.341 e. The van der Waals surface area contributed by atoms with Gasteiger partial charge >= 0.3 is 6.03 Å². The summed E-state index contributed by atoms with van der Waals surface area (Å²) in [6.07, 6.45) is 3.27. The Labute approximate surface area is 177 Å². The molecule has 1 aliphatic heterocycles. The highest BCUT2D eigenvalue weighted by Crippen LogP contribution is 2.42. The van der Waals surface area contributed by atoms with E-state index in [2.05, 4.69) is 20.3 Å². The number of imide groups is 1. The molecule has 11 heteroatoms. The van der Waals surface area contributed by atoms with Gasteiger partial charge in [0.15, 0.2) is 0 Å². The molecule has 2 aliphatic rings. The van der Waals surface area contributed by atoms with Gasteiger partial charge in [0.1, 0.15) is 10.4 Å². The third-order valence-corrected chi connectivity index (χ3v) is 6.97. The molecule has 0 spiro atoms. The summed E-state index contributed by atoms with van der Waals surface area (Å²) in [4.78, 5) is 31.7. The average molecular weight is 441 g/mol. The van der Waals surface area contributed by atoms with Gasteiger partial charge in [0, 0.05) is 5.92 Å². The highest BCUT2D eigenvalue weighted by atomic mass is 32.2. The number of hydrogen-bond donors (Lipinski definition) is 2. The van der Waals surface area contributed by atoms with Gasteiger partial charge in [-0.25, -0.2) is 18.2 Å². The van der Waals surface area contributed by atoms with Crippen molar-refractivity contribution >= 4 is 33.1 Å². The Morgan fingerprint density at radius 1 is 1.26 bits per heavy atom. The Balaban J connectivity index is 1.47. The van der Waals surface area contributed by atoms with Crippen molar-refractivity contribution in [2.24, 2.45) is 0 Å². The van der Waals surface area contributed by atoms with Crippen LogP contribution < -0.4 is 10.1 Å². The topological polar surface area (TPSA) is 134 Å². The zero-order valence-corrected chi connectivity index (χ0v) is 17.3. The summed E-state index contributed by atoms with van der Waals surface area (Å²) < 4.78 is 31.2. The van der Waals surface area contributed by atoms with Gasteiger partial charge in [-0.1, -0.05) is 42.4 Å². The molecule has 3 amide bonds.